The topological polar surface area (TPSA) is 13.1 Å². The zero-order chi connectivity index (χ0) is 41.7. The van der Waals surface area contributed by atoms with Crippen LogP contribution in [0.3, 0.4) is 0 Å². The normalized spacial score (nSPS) is 11.5. The number of hydrogen-bond acceptors (Lipinski definition) is 1. The molecule has 0 atom stereocenters. The molecular formula is C60H41N3. The van der Waals surface area contributed by atoms with Gasteiger partial charge in [0, 0.05) is 50.0 Å². The Bertz CT molecular complexity index is 3490. The van der Waals surface area contributed by atoms with Gasteiger partial charge in [-0.15, -0.1) is 0 Å². The highest BCUT2D eigenvalue weighted by atomic mass is 15.1. The van der Waals surface area contributed by atoms with Crippen LogP contribution in [-0.4, -0.2) is 9.13 Å². The second-order valence-corrected chi connectivity index (χ2v) is 16.2. The Morgan fingerprint density at radius 2 is 0.651 bits per heavy atom. The van der Waals surface area contributed by atoms with Gasteiger partial charge in [0.25, 0.3) is 0 Å². The highest BCUT2D eigenvalue weighted by Gasteiger charge is 2.18. The van der Waals surface area contributed by atoms with Crippen molar-refractivity contribution in [1.29, 1.82) is 0 Å². The van der Waals surface area contributed by atoms with E-state index < -0.39 is 0 Å². The predicted octanol–water partition coefficient (Wildman–Crippen LogP) is 16.4. The van der Waals surface area contributed by atoms with Crippen LogP contribution in [0.25, 0.3) is 88.4 Å². The first-order chi connectivity index (χ1) is 31.2. The van der Waals surface area contributed by atoms with Gasteiger partial charge in [-0.25, -0.2) is 0 Å². The molecule has 2 heterocycles. The molecule has 0 aliphatic carbocycles. The minimum atomic E-state index is 1.10. The summed E-state index contributed by atoms with van der Waals surface area (Å²) in [5, 5.41) is 4.94. The zero-order valence-corrected chi connectivity index (χ0v) is 34.5. The molecule has 0 aliphatic rings. The van der Waals surface area contributed by atoms with Gasteiger partial charge in [0.2, 0.25) is 0 Å². The molecule has 0 saturated heterocycles. The van der Waals surface area contributed by atoms with E-state index in [9.17, 15) is 0 Å². The van der Waals surface area contributed by atoms with Crippen LogP contribution in [0.5, 0.6) is 0 Å². The summed E-state index contributed by atoms with van der Waals surface area (Å²) in [4.78, 5) is 2.31. The summed E-state index contributed by atoms with van der Waals surface area (Å²) in [5.74, 6) is 0. The molecule has 0 spiro atoms. The number of fused-ring (bicyclic) bond motifs is 6. The van der Waals surface area contributed by atoms with Crippen molar-refractivity contribution in [2.45, 2.75) is 0 Å². The van der Waals surface area contributed by atoms with E-state index in [1.54, 1.807) is 0 Å². The van der Waals surface area contributed by atoms with E-state index in [2.05, 4.69) is 263 Å². The average molecular weight is 804 g/mol. The standard InChI is InChI=1S/C60H41N3/c1-5-17-42(18-6-1)46-37-47(43-19-7-2-8-20-43)39-52(38-46)63-58-28-16-14-26-54(58)56-40-44(30-36-59(56)63)45-29-35-55-53-25-13-15-27-57(53)62(60(55)41-45)51-33-31-50(32-34-51)61(48-21-9-3-10-22-48)49-23-11-4-12-24-49/h1-41H. The summed E-state index contributed by atoms with van der Waals surface area (Å²) >= 11 is 0. The number of rotatable bonds is 8. The Hall–Kier alpha value is -8.40. The lowest BCUT2D eigenvalue weighted by Crippen LogP contribution is -2.09. The maximum absolute atomic E-state index is 2.44. The van der Waals surface area contributed by atoms with Crippen LogP contribution in [0.4, 0.5) is 17.1 Å². The molecule has 12 aromatic rings. The van der Waals surface area contributed by atoms with E-state index in [1.807, 2.05) is 0 Å². The van der Waals surface area contributed by atoms with Crippen molar-refractivity contribution in [3.05, 3.63) is 249 Å². The molecule has 0 radical (unpaired) electrons. The van der Waals surface area contributed by atoms with Gasteiger partial charge in [0.15, 0.2) is 0 Å². The fraction of sp³-hybridized carbons (Fsp3) is 0. The number of benzene rings is 10. The van der Waals surface area contributed by atoms with Crippen LogP contribution in [0, 0.1) is 0 Å². The van der Waals surface area contributed by atoms with E-state index >= 15 is 0 Å². The zero-order valence-electron chi connectivity index (χ0n) is 34.5. The van der Waals surface area contributed by atoms with Crippen molar-refractivity contribution in [3.8, 4) is 44.8 Å². The molecule has 12 rings (SSSR count). The fourth-order valence-electron chi connectivity index (χ4n) is 9.55. The molecule has 63 heavy (non-hydrogen) atoms. The Balaban J connectivity index is 0.991. The van der Waals surface area contributed by atoms with Crippen molar-refractivity contribution >= 4 is 60.7 Å². The summed E-state index contributed by atoms with van der Waals surface area (Å²) in [6, 6.07) is 90.1. The monoisotopic (exact) mass is 803 g/mol. The smallest absolute Gasteiger partial charge is 0.0547 e. The average Bonchev–Trinajstić information content (AvgIpc) is 3.87. The molecule has 3 heteroatoms. The molecule has 0 bridgehead atoms. The van der Waals surface area contributed by atoms with E-state index in [4.69, 9.17) is 0 Å². The second-order valence-electron chi connectivity index (χ2n) is 16.2. The van der Waals surface area contributed by atoms with Crippen LogP contribution in [0.15, 0.2) is 249 Å². The summed E-state index contributed by atoms with van der Waals surface area (Å²) in [7, 11) is 0. The summed E-state index contributed by atoms with van der Waals surface area (Å²) in [6.45, 7) is 0. The predicted molar refractivity (Wildman–Crippen MR) is 266 cm³/mol. The minimum absolute atomic E-state index is 1.10. The molecule has 0 amide bonds. The van der Waals surface area contributed by atoms with E-state index in [1.165, 1.54) is 77.0 Å². The number of aromatic nitrogens is 2. The number of para-hydroxylation sites is 4. The summed E-state index contributed by atoms with van der Waals surface area (Å²) in [5.41, 5.74) is 17.5. The van der Waals surface area contributed by atoms with E-state index in [-0.39, 0.29) is 0 Å². The lowest BCUT2D eigenvalue weighted by atomic mass is 9.98. The van der Waals surface area contributed by atoms with E-state index in [0.717, 1.165) is 28.4 Å². The third-order valence-corrected chi connectivity index (χ3v) is 12.5. The molecule has 0 unspecified atom stereocenters. The molecule has 0 fully saturated rings. The largest absolute Gasteiger partial charge is 0.311 e. The Morgan fingerprint density at radius 3 is 1.24 bits per heavy atom. The SMILES string of the molecule is c1ccc(-c2cc(-c3ccccc3)cc(-n3c4ccccc4c4cc(-c5ccc6c7ccccc7n(-c7ccc(N(c8ccccc8)c8ccccc8)cc7)c6c5)ccc43)c2)cc1. The first kappa shape index (κ1) is 36.5. The van der Waals surface area contributed by atoms with Gasteiger partial charge in [0.1, 0.15) is 0 Å². The van der Waals surface area contributed by atoms with E-state index in [0.29, 0.717) is 0 Å². The summed E-state index contributed by atoms with van der Waals surface area (Å²) in [6.07, 6.45) is 0. The van der Waals surface area contributed by atoms with Gasteiger partial charge in [-0.05, 0) is 130 Å². The molecule has 3 nitrogen and oxygen atoms in total. The third-order valence-electron chi connectivity index (χ3n) is 12.5. The molecule has 10 aromatic carbocycles. The van der Waals surface area contributed by atoms with Gasteiger partial charge in [-0.2, -0.15) is 0 Å². The Morgan fingerprint density at radius 1 is 0.222 bits per heavy atom. The molecule has 2 aromatic heterocycles. The van der Waals surface area contributed by atoms with Gasteiger partial charge in [-0.3, -0.25) is 0 Å². The van der Waals surface area contributed by atoms with Crippen molar-refractivity contribution in [3.63, 3.8) is 0 Å². The molecule has 296 valence electrons. The first-order valence-electron chi connectivity index (χ1n) is 21.6. The number of anilines is 3. The lowest BCUT2D eigenvalue weighted by Gasteiger charge is -2.25. The van der Waals surface area contributed by atoms with Crippen molar-refractivity contribution < 1.29 is 0 Å². The van der Waals surface area contributed by atoms with Crippen LogP contribution >= 0.6 is 0 Å². The van der Waals surface area contributed by atoms with Gasteiger partial charge in [0.05, 0.1) is 22.1 Å². The fourth-order valence-corrected chi connectivity index (χ4v) is 9.55. The Labute approximate surface area is 366 Å². The third kappa shape index (κ3) is 6.38. The maximum atomic E-state index is 2.44. The highest BCUT2D eigenvalue weighted by molar-refractivity contribution is 6.12. The van der Waals surface area contributed by atoms with Crippen LogP contribution in [-0.2, 0) is 0 Å². The second kappa shape index (κ2) is 15.3. The minimum Gasteiger partial charge on any atom is -0.311 e. The van der Waals surface area contributed by atoms with Gasteiger partial charge < -0.3 is 14.0 Å². The quantitative estimate of drug-likeness (QED) is 0.149. The first-order valence-corrected chi connectivity index (χ1v) is 21.6. The lowest BCUT2D eigenvalue weighted by molar-refractivity contribution is 1.17. The summed E-state index contributed by atoms with van der Waals surface area (Å²) < 4.78 is 4.86. The molecule has 0 aliphatic heterocycles. The highest BCUT2D eigenvalue weighted by Crippen LogP contribution is 2.41. The van der Waals surface area contributed by atoms with Crippen molar-refractivity contribution in [2.24, 2.45) is 0 Å². The molecular weight excluding hydrogens is 763 g/mol. The van der Waals surface area contributed by atoms with Gasteiger partial charge in [-0.1, -0.05) is 152 Å². The molecule has 0 N–H and O–H groups in total. The van der Waals surface area contributed by atoms with Crippen LogP contribution in [0.1, 0.15) is 0 Å². The Kier molecular flexibility index (Phi) is 8.83. The maximum Gasteiger partial charge on any atom is 0.0547 e. The van der Waals surface area contributed by atoms with Crippen LogP contribution < -0.4 is 4.90 Å². The van der Waals surface area contributed by atoms with Gasteiger partial charge >= 0.3 is 0 Å². The van der Waals surface area contributed by atoms with Crippen LogP contribution in [0.2, 0.25) is 0 Å². The van der Waals surface area contributed by atoms with Crippen molar-refractivity contribution in [1.82, 2.24) is 9.13 Å². The number of hydrogen-bond donors (Lipinski definition) is 0. The number of nitrogens with zero attached hydrogens (tertiary/aromatic N) is 3. The molecule has 0 saturated carbocycles. The van der Waals surface area contributed by atoms with Crippen molar-refractivity contribution in [2.75, 3.05) is 4.90 Å².